The zero-order valence-electron chi connectivity index (χ0n) is 10.7. The lowest BCUT2D eigenvalue weighted by atomic mass is 10.0. The van der Waals surface area contributed by atoms with E-state index in [2.05, 4.69) is 15.3 Å². The molecule has 0 atom stereocenters. The molecule has 5 heteroatoms. The van der Waals surface area contributed by atoms with Gasteiger partial charge >= 0.3 is 0 Å². The first-order valence-electron chi connectivity index (χ1n) is 6.07. The molecule has 3 rings (SSSR count). The second-order valence-electron chi connectivity index (χ2n) is 4.30. The molecule has 0 saturated carbocycles. The summed E-state index contributed by atoms with van der Waals surface area (Å²) in [5, 5.41) is 6.10. The van der Waals surface area contributed by atoms with E-state index < -0.39 is 0 Å². The van der Waals surface area contributed by atoms with Crippen LogP contribution >= 0.6 is 23.2 Å². The van der Waals surface area contributed by atoms with Crippen molar-refractivity contribution in [1.29, 1.82) is 0 Å². The highest BCUT2D eigenvalue weighted by molar-refractivity contribution is 6.37. The Morgan fingerprint density at radius 3 is 2.75 bits per heavy atom. The van der Waals surface area contributed by atoms with Gasteiger partial charge in [0.25, 0.3) is 0 Å². The number of halogens is 2. The highest BCUT2D eigenvalue weighted by Gasteiger charge is 2.12. The second kappa shape index (κ2) is 5.27. The van der Waals surface area contributed by atoms with Gasteiger partial charge in [-0.1, -0.05) is 41.4 Å². The molecule has 2 heterocycles. The van der Waals surface area contributed by atoms with Crippen molar-refractivity contribution in [3.8, 4) is 11.3 Å². The van der Waals surface area contributed by atoms with Crippen LogP contribution < -0.4 is 5.32 Å². The van der Waals surface area contributed by atoms with Crippen molar-refractivity contribution < 1.29 is 0 Å². The summed E-state index contributed by atoms with van der Waals surface area (Å²) in [6, 6.07) is 9.62. The third-order valence-electron chi connectivity index (χ3n) is 3.10. The van der Waals surface area contributed by atoms with Crippen LogP contribution in [0.1, 0.15) is 0 Å². The Bertz CT molecular complexity index is 782. The quantitative estimate of drug-likeness (QED) is 0.749. The molecule has 3 nitrogen and oxygen atoms in total. The maximum atomic E-state index is 6.30. The molecule has 0 saturated heterocycles. The van der Waals surface area contributed by atoms with Gasteiger partial charge in [0.15, 0.2) is 0 Å². The maximum Gasteiger partial charge on any atom is 0.145 e. The minimum absolute atomic E-state index is 0.503. The molecule has 20 heavy (non-hydrogen) atoms. The van der Waals surface area contributed by atoms with Gasteiger partial charge in [-0.15, -0.1) is 0 Å². The summed E-state index contributed by atoms with van der Waals surface area (Å²) in [4.78, 5) is 8.65. The van der Waals surface area contributed by atoms with Crippen molar-refractivity contribution in [3.05, 3.63) is 52.8 Å². The molecule has 0 bridgehead atoms. The molecule has 0 aliphatic carbocycles. The van der Waals surface area contributed by atoms with Crippen molar-refractivity contribution in [2.45, 2.75) is 0 Å². The summed E-state index contributed by atoms with van der Waals surface area (Å²) in [5.41, 5.74) is 1.67. The number of hydrogen-bond donors (Lipinski definition) is 1. The smallest absolute Gasteiger partial charge is 0.145 e. The topological polar surface area (TPSA) is 37.8 Å². The molecule has 100 valence electrons. The van der Waals surface area contributed by atoms with Gasteiger partial charge in [-0.05, 0) is 17.5 Å². The zero-order chi connectivity index (χ0) is 14.1. The third kappa shape index (κ3) is 2.19. The summed E-state index contributed by atoms with van der Waals surface area (Å²) in [6.07, 6.45) is 3.58. The molecular formula is C15H11Cl2N3. The molecule has 1 N–H and O–H groups in total. The van der Waals surface area contributed by atoms with Crippen molar-refractivity contribution in [2.24, 2.45) is 0 Å². The largest absolute Gasteiger partial charge is 0.372 e. The standard InChI is InChI=1S/C15H11Cl2N3/c1-18-15-13(17)7-12(16)14(20-15)11-4-2-3-9-8-19-6-5-10(9)11/h2-8H,1H3,(H,18,20). The monoisotopic (exact) mass is 303 g/mol. The van der Waals surface area contributed by atoms with E-state index in [9.17, 15) is 0 Å². The first-order chi connectivity index (χ1) is 9.70. The molecule has 3 aromatic rings. The van der Waals surface area contributed by atoms with E-state index in [4.69, 9.17) is 23.2 Å². The summed E-state index contributed by atoms with van der Waals surface area (Å²) in [7, 11) is 1.78. The van der Waals surface area contributed by atoms with Crippen LogP contribution in [-0.2, 0) is 0 Å². The molecular weight excluding hydrogens is 293 g/mol. The van der Waals surface area contributed by atoms with E-state index in [-0.39, 0.29) is 0 Å². The average molecular weight is 304 g/mol. The Balaban J connectivity index is 2.31. The maximum absolute atomic E-state index is 6.30. The molecule has 0 aliphatic rings. The third-order valence-corrected chi connectivity index (χ3v) is 3.68. The molecule has 0 spiro atoms. The van der Waals surface area contributed by atoms with Crippen molar-refractivity contribution in [2.75, 3.05) is 12.4 Å². The lowest BCUT2D eigenvalue weighted by molar-refractivity contribution is 1.29. The normalized spacial score (nSPS) is 10.8. The Labute approximate surface area is 126 Å². The summed E-state index contributed by atoms with van der Waals surface area (Å²) >= 11 is 12.4. The predicted molar refractivity (Wildman–Crippen MR) is 84.5 cm³/mol. The van der Waals surface area contributed by atoms with Gasteiger partial charge < -0.3 is 5.32 Å². The number of fused-ring (bicyclic) bond motifs is 1. The Morgan fingerprint density at radius 2 is 1.95 bits per heavy atom. The average Bonchev–Trinajstić information content (AvgIpc) is 2.47. The molecule has 0 fully saturated rings. The zero-order valence-corrected chi connectivity index (χ0v) is 12.2. The summed E-state index contributed by atoms with van der Waals surface area (Å²) in [5.74, 6) is 0.608. The Hall–Kier alpha value is -1.84. The number of hydrogen-bond acceptors (Lipinski definition) is 3. The first-order valence-corrected chi connectivity index (χ1v) is 6.83. The fourth-order valence-electron chi connectivity index (χ4n) is 2.16. The van der Waals surface area contributed by atoms with Crippen LogP contribution in [0, 0.1) is 0 Å². The number of anilines is 1. The van der Waals surface area contributed by atoms with Crippen LogP contribution in [-0.4, -0.2) is 17.0 Å². The lowest BCUT2D eigenvalue weighted by Crippen LogP contribution is -1.96. The van der Waals surface area contributed by atoms with E-state index in [1.807, 2.05) is 30.5 Å². The van der Waals surface area contributed by atoms with E-state index in [0.717, 1.165) is 16.3 Å². The van der Waals surface area contributed by atoms with Crippen molar-refractivity contribution in [3.63, 3.8) is 0 Å². The first kappa shape index (κ1) is 13.2. The van der Waals surface area contributed by atoms with Crippen LogP contribution in [0.4, 0.5) is 5.82 Å². The van der Waals surface area contributed by atoms with E-state index >= 15 is 0 Å². The SMILES string of the molecule is CNc1nc(-c2cccc3cnccc23)c(Cl)cc1Cl. The van der Waals surface area contributed by atoms with Gasteiger partial charge in [-0.3, -0.25) is 4.98 Å². The van der Waals surface area contributed by atoms with Gasteiger partial charge in [-0.2, -0.15) is 0 Å². The fourth-order valence-corrected chi connectivity index (χ4v) is 2.71. The van der Waals surface area contributed by atoms with Crippen LogP contribution in [0.25, 0.3) is 22.0 Å². The van der Waals surface area contributed by atoms with Crippen LogP contribution in [0.3, 0.4) is 0 Å². The summed E-state index contributed by atoms with van der Waals surface area (Å²) in [6.45, 7) is 0. The van der Waals surface area contributed by atoms with Crippen LogP contribution in [0.15, 0.2) is 42.7 Å². The second-order valence-corrected chi connectivity index (χ2v) is 5.12. The van der Waals surface area contributed by atoms with Gasteiger partial charge in [0.1, 0.15) is 5.82 Å². The fraction of sp³-hybridized carbons (Fsp3) is 0.0667. The molecule has 0 aliphatic heterocycles. The Kier molecular flexibility index (Phi) is 3.47. The number of pyridine rings is 2. The highest BCUT2D eigenvalue weighted by Crippen LogP contribution is 2.35. The van der Waals surface area contributed by atoms with Gasteiger partial charge in [-0.25, -0.2) is 4.98 Å². The van der Waals surface area contributed by atoms with Crippen LogP contribution in [0.2, 0.25) is 10.0 Å². The van der Waals surface area contributed by atoms with Gasteiger partial charge in [0.05, 0.1) is 15.7 Å². The molecule has 1 aromatic carbocycles. The highest BCUT2D eigenvalue weighted by atomic mass is 35.5. The number of nitrogens with zero attached hydrogens (tertiary/aromatic N) is 2. The predicted octanol–water partition coefficient (Wildman–Crippen LogP) is 4.65. The molecule has 0 radical (unpaired) electrons. The molecule has 0 unspecified atom stereocenters. The number of nitrogens with one attached hydrogen (secondary N) is 1. The van der Waals surface area contributed by atoms with Crippen LogP contribution in [0.5, 0.6) is 0 Å². The Morgan fingerprint density at radius 1 is 1.10 bits per heavy atom. The molecule has 0 amide bonds. The summed E-state index contributed by atoms with van der Waals surface area (Å²) < 4.78 is 0. The van der Waals surface area contributed by atoms with E-state index in [1.165, 1.54) is 0 Å². The van der Waals surface area contributed by atoms with E-state index in [1.54, 1.807) is 19.3 Å². The van der Waals surface area contributed by atoms with Gasteiger partial charge in [0, 0.05) is 30.4 Å². The van der Waals surface area contributed by atoms with Gasteiger partial charge in [0.2, 0.25) is 0 Å². The lowest BCUT2D eigenvalue weighted by Gasteiger charge is -2.11. The van der Waals surface area contributed by atoms with Crippen molar-refractivity contribution >= 4 is 39.8 Å². The number of benzene rings is 1. The minimum Gasteiger partial charge on any atom is -0.372 e. The minimum atomic E-state index is 0.503. The van der Waals surface area contributed by atoms with Crippen molar-refractivity contribution in [1.82, 2.24) is 9.97 Å². The number of aromatic nitrogens is 2. The van der Waals surface area contributed by atoms with E-state index in [0.29, 0.717) is 21.6 Å². The molecule has 2 aromatic heterocycles. The number of rotatable bonds is 2.